The molecule has 0 aliphatic rings. The molecule has 0 aliphatic heterocycles. The number of rotatable bonds is 8. The highest BCUT2D eigenvalue weighted by Gasteiger charge is 2.30. The first-order valence-electron chi connectivity index (χ1n) is 8.09. The van der Waals surface area contributed by atoms with Crippen molar-refractivity contribution in [2.75, 3.05) is 6.61 Å². The first-order chi connectivity index (χ1) is 8.48. The number of hydrogen-bond acceptors (Lipinski definition) is 1. The van der Waals surface area contributed by atoms with Gasteiger partial charge in [-0.25, -0.2) is 0 Å². The minimum atomic E-state index is 0.254. The lowest BCUT2D eigenvalue weighted by Gasteiger charge is -2.36. The lowest BCUT2D eigenvalue weighted by molar-refractivity contribution is 0.0834. The Kier molecular flexibility index (Phi) is 7.65. The van der Waals surface area contributed by atoms with Gasteiger partial charge in [-0.3, -0.25) is 0 Å². The highest BCUT2D eigenvalue weighted by molar-refractivity contribution is 4.80. The molecule has 2 unspecified atom stereocenters. The molecule has 0 aliphatic carbocycles. The van der Waals surface area contributed by atoms with Crippen LogP contribution in [0, 0.1) is 28.6 Å². The molecule has 0 aromatic heterocycles. The fraction of sp³-hybridized carbons (Fsp3) is 1.00. The van der Waals surface area contributed by atoms with Gasteiger partial charge >= 0.3 is 0 Å². The van der Waals surface area contributed by atoms with Crippen molar-refractivity contribution in [1.82, 2.24) is 0 Å². The molecular weight excluding hydrogens is 232 g/mol. The highest BCUT2D eigenvalue weighted by atomic mass is 16.3. The molecule has 0 rings (SSSR count). The molecule has 0 radical (unpaired) electrons. The average molecular weight is 271 g/mol. The van der Waals surface area contributed by atoms with Crippen molar-refractivity contribution in [3.8, 4) is 0 Å². The fourth-order valence-corrected chi connectivity index (χ4v) is 3.58. The van der Waals surface area contributed by atoms with E-state index in [2.05, 4.69) is 55.4 Å². The summed E-state index contributed by atoms with van der Waals surface area (Å²) >= 11 is 0. The van der Waals surface area contributed by atoms with Crippen LogP contribution in [0.3, 0.4) is 0 Å². The van der Waals surface area contributed by atoms with E-state index in [1.165, 1.54) is 19.3 Å². The maximum absolute atomic E-state index is 9.72. The molecule has 0 spiro atoms. The van der Waals surface area contributed by atoms with Gasteiger partial charge in [-0.2, -0.15) is 0 Å². The summed E-state index contributed by atoms with van der Waals surface area (Å²) in [6, 6.07) is 0. The first kappa shape index (κ1) is 19.0. The van der Waals surface area contributed by atoms with Gasteiger partial charge in [-0.05, 0) is 47.8 Å². The van der Waals surface area contributed by atoms with Crippen LogP contribution in [0.25, 0.3) is 0 Å². The second kappa shape index (κ2) is 7.67. The second-order valence-corrected chi connectivity index (χ2v) is 8.91. The molecule has 0 aromatic rings. The van der Waals surface area contributed by atoms with Crippen LogP contribution in [0.2, 0.25) is 0 Å². The highest BCUT2D eigenvalue weighted by Crippen LogP contribution is 2.38. The van der Waals surface area contributed by atoms with Crippen LogP contribution in [0.4, 0.5) is 0 Å². The first-order valence-corrected chi connectivity index (χ1v) is 8.09. The van der Waals surface area contributed by atoms with Crippen LogP contribution in [-0.2, 0) is 0 Å². The van der Waals surface area contributed by atoms with Gasteiger partial charge in [0.05, 0.1) is 0 Å². The van der Waals surface area contributed by atoms with Crippen LogP contribution < -0.4 is 0 Å². The number of aliphatic hydroxyl groups excluding tert-OH is 1. The Bertz CT molecular complexity index is 235. The summed E-state index contributed by atoms with van der Waals surface area (Å²) in [5.74, 6) is 1.90. The Balaban J connectivity index is 4.34. The van der Waals surface area contributed by atoms with Crippen LogP contribution in [0.1, 0.15) is 81.1 Å². The van der Waals surface area contributed by atoms with Gasteiger partial charge in [0, 0.05) is 6.61 Å². The average Bonchev–Trinajstić information content (AvgIpc) is 2.12. The summed E-state index contributed by atoms with van der Waals surface area (Å²) < 4.78 is 0. The van der Waals surface area contributed by atoms with Crippen molar-refractivity contribution in [3.63, 3.8) is 0 Å². The number of aliphatic hydroxyl groups is 1. The SMILES string of the molecule is CC(C)CC(C)(C)C(CO)CCC(C)CC(C)(C)C. The third-order valence-electron chi connectivity index (χ3n) is 4.23. The fourth-order valence-electron chi connectivity index (χ4n) is 3.58. The predicted octanol–water partition coefficient (Wildman–Crippen LogP) is 5.52. The molecule has 0 heterocycles. The second-order valence-electron chi connectivity index (χ2n) is 8.91. The smallest absolute Gasteiger partial charge is 0.0464 e. The van der Waals surface area contributed by atoms with Crippen molar-refractivity contribution in [2.24, 2.45) is 28.6 Å². The molecule has 1 heteroatoms. The van der Waals surface area contributed by atoms with Crippen molar-refractivity contribution < 1.29 is 5.11 Å². The van der Waals surface area contributed by atoms with Gasteiger partial charge in [-0.1, -0.05) is 61.8 Å². The van der Waals surface area contributed by atoms with Gasteiger partial charge in [-0.15, -0.1) is 0 Å². The van der Waals surface area contributed by atoms with Gasteiger partial charge < -0.3 is 5.11 Å². The molecule has 0 saturated carbocycles. The Morgan fingerprint density at radius 1 is 0.842 bits per heavy atom. The predicted molar refractivity (Wildman–Crippen MR) is 86.3 cm³/mol. The van der Waals surface area contributed by atoms with E-state index in [1.807, 2.05) is 0 Å². The summed E-state index contributed by atoms with van der Waals surface area (Å²) in [6.07, 6.45) is 4.87. The summed E-state index contributed by atoms with van der Waals surface area (Å²) in [7, 11) is 0. The van der Waals surface area contributed by atoms with E-state index in [1.54, 1.807) is 0 Å². The van der Waals surface area contributed by atoms with Gasteiger partial charge in [0.1, 0.15) is 0 Å². The molecule has 0 amide bonds. The van der Waals surface area contributed by atoms with E-state index in [9.17, 15) is 5.11 Å². The Labute approximate surface area is 122 Å². The number of hydrogen-bond donors (Lipinski definition) is 1. The van der Waals surface area contributed by atoms with Crippen LogP contribution in [0.5, 0.6) is 0 Å². The van der Waals surface area contributed by atoms with E-state index in [-0.39, 0.29) is 5.41 Å². The zero-order valence-corrected chi connectivity index (χ0v) is 14.7. The summed E-state index contributed by atoms with van der Waals surface area (Å²) in [5.41, 5.74) is 0.673. The third-order valence-corrected chi connectivity index (χ3v) is 4.23. The maximum Gasteiger partial charge on any atom is 0.0464 e. The molecule has 0 fully saturated rings. The van der Waals surface area contributed by atoms with Crippen molar-refractivity contribution in [3.05, 3.63) is 0 Å². The quantitative estimate of drug-likeness (QED) is 0.615. The minimum absolute atomic E-state index is 0.254. The zero-order valence-electron chi connectivity index (χ0n) is 14.7. The Hall–Kier alpha value is -0.0400. The minimum Gasteiger partial charge on any atom is -0.396 e. The standard InChI is InChI=1S/C18H38O/c1-14(2)11-18(7,8)16(13-19)10-9-15(3)12-17(4,5)6/h14-16,19H,9-13H2,1-8H3. The lowest BCUT2D eigenvalue weighted by atomic mass is 9.70. The van der Waals surface area contributed by atoms with E-state index in [0.717, 1.165) is 12.3 Å². The Morgan fingerprint density at radius 3 is 1.74 bits per heavy atom. The molecule has 1 N–H and O–H groups in total. The van der Waals surface area contributed by atoms with E-state index in [4.69, 9.17) is 0 Å². The summed E-state index contributed by atoms with van der Waals surface area (Å²) in [5, 5.41) is 9.72. The molecule has 0 aromatic carbocycles. The van der Waals surface area contributed by atoms with Crippen LogP contribution in [0.15, 0.2) is 0 Å². The normalized spacial score (nSPS) is 16.7. The van der Waals surface area contributed by atoms with E-state index >= 15 is 0 Å². The molecule has 19 heavy (non-hydrogen) atoms. The largest absolute Gasteiger partial charge is 0.396 e. The lowest BCUT2D eigenvalue weighted by Crippen LogP contribution is -2.29. The monoisotopic (exact) mass is 270 g/mol. The molecule has 2 atom stereocenters. The molecule has 1 nitrogen and oxygen atoms in total. The van der Waals surface area contributed by atoms with Gasteiger partial charge in [0.15, 0.2) is 0 Å². The molecule has 0 bridgehead atoms. The molecule has 116 valence electrons. The summed E-state index contributed by atoms with van der Waals surface area (Å²) in [4.78, 5) is 0. The van der Waals surface area contributed by atoms with Crippen LogP contribution in [-0.4, -0.2) is 11.7 Å². The molecular formula is C18H38O. The Morgan fingerprint density at radius 2 is 1.37 bits per heavy atom. The summed E-state index contributed by atoms with van der Waals surface area (Å²) in [6.45, 7) is 18.8. The van der Waals surface area contributed by atoms with Crippen molar-refractivity contribution in [1.29, 1.82) is 0 Å². The van der Waals surface area contributed by atoms with E-state index < -0.39 is 0 Å². The third kappa shape index (κ3) is 8.68. The van der Waals surface area contributed by atoms with E-state index in [0.29, 0.717) is 23.9 Å². The van der Waals surface area contributed by atoms with Gasteiger partial charge in [0.25, 0.3) is 0 Å². The van der Waals surface area contributed by atoms with Crippen molar-refractivity contribution in [2.45, 2.75) is 81.1 Å². The van der Waals surface area contributed by atoms with Crippen molar-refractivity contribution >= 4 is 0 Å². The van der Waals surface area contributed by atoms with Gasteiger partial charge in [0.2, 0.25) is 0 Å². The topological polar surface area (TPSA) is 20.2 Å². The zero-order chi connectivity index (χ0) is 15.3. The maximum atomic E-state index is 9.72. The molecule has 0 saturated heterocycles. The van der Waals surface area contributed by atoms with Crippen LogP contribution >= 0.6 is 0 Å².